The van der Waals surface area contributed by atoms with Gasteiger partial charge in [-0.2, -0.15) is 9.90 Å². The van der Waals surface area contributed by atoms with Crippen LogP contribution in [0.2, 0.25) is 5.02 Å². The number of carbonyl (C=O) groups is 2. The van der Waals surface area contributed by atoms with E-state index in [1.807, 2.05) is 0 Å². The largest absolute Gasteiger partial charge is 0.348 e. The van der Waals surface area contributed by atoms with Crippen molar-refractivity contribution in [1.82, 2.24) is 25.2 Å². The number of nitrogens with one attached hydrogen (secondary N) is 1. The molecule has 2 amide bonds. The highest BCUT2D eigenvalue weighted by Gasteiger charge is 2.27. The van der Waals surface area contributed by atoms with Gasteiger partial charge >= 0.3 is 0 Å². The minimum atomic E-state index is -0.527. The van der Waals surface area contributed by atoms with Gasteiger partial charge in [0, 0.05) is 24.2 Å². The number of hydrogen-bond acceptors (Lipinski definition) is 4. The summed E-state index contributed by atoms with van der Waals surface area (Å²) in [6.07, 6.45) is 1.15. The van der Waals surface area contributed by atoms with Crippen LogP contribution in [0.4, 0.5) is 4.39 Å². The number of aromatic nitrogens is 3. The van der Waals surface area contributed by atoms with E-state index in [4.69, 9.17) is 11.6 Å². The van der Waals surface area contributed by atoms with Gasteiger partial charge in [0.1, 0.15) is 5.82 Å². The lowest BCUT2D eigenvalue weighted by Gasteiger charge is -2.32. The van der Waals surface area contributed by atoms with Gasteiger partial charge in [-0.15, -0.1) is 5.10 Å². The van der Waals surface area contributed by atoms with E-state index in [-0.39, 0.29) is 29.1 Å². The maximum Gasteiger partial charge on any atom is 0.273 e. The fourth-order valence-electron chi connectivity index (χ4n) is 3.59. The van der Waals surface area contributed by atoms with Crippen molar-refractivity contribution >= 4 is 23.4 Å². The minimum Gasteiger partial charge on any atom is -0.348 e. The molecule has 1 aliphatic heterocycles. The lowest BCUT2D eigenvalue weighted by molar-refractivity contribution is 0.0693. The van der Waals surface area contributed by atoms with Crippen LogP contribution in [0.1, 0.15) is 39.4 Å². The van der Waals surface area contributed by atoms with Gasteiger partial charge in [-0.25, -0.2) is 4.39 Å². The molecule has 0 saturated carbocycles. The van der Waals surface area contributed by atoms with Gasteiger partial charge in [0.25, 0.3) is 11.8 Å². The van der Waals surface area contributed by atoms with Crippen molar-refractivity contribution in [3.8, 4) is 5.69 Å². The number of carbonyl (C=O) groups excluding carboxylic acids is 2. The normalized spacial score (nSPS) is 14.5. The second kappa shape index (κ2) is 8.85. The van der Waals surface area contributed by atoms with Gasteiger partial charge in [0.2, 0.25) is 0 Å². The van der Waals surface area contributed by atoms with Crippen LogP contribution in [0.3, 0.4) is 0 Å². The first-order valence-corrected chi connectivity index (χ1v) is 10.3. The van der Waals surface area contributed by atoms with Crippen LogP contribution in [0.25, 0.3) is 5.69 Å². The van der Waals surface area contributed by atoms with Crippen LogP contribution in [0.5, 0.6) is 0 Å². The fraction of sp³-hybridized carbons (Fsp3) is 0.273. The molecule has 3 aromatic rings. The summed E-state index contributed by atoms with van der Waals surface area (Å²) in [5.74, 6) is -1.17. The second-order valence-electron chi connectivity index (χ2n) is 7.42. The summed E-state index contributed by atoms with van der Waals surface area (Å²) >= 11 is 6.02. The third kappa shape index (κ3) is 4.59. The maximum absolute atomic E-state index is 13.9. The molecule has 1 aliphatic rings. The molecule has 0 aliphatic carbocycles. The van der Waals surface area contributed by atoms with Crippen molar-refractivity contribution in [2.45, 2.75) is 25.8 Å². The molecule has 1 fully saturated rings. The van der Waals surface area contributed by atoms with Crippen molar-refractivity contribution in [3.63, 3.8) is 0 Å². The maximum atomic E-state index is 13.9. The van der Waals surface area contributed by atoms with E-state index < -0.39 is 5.82 Å². The molecule has 4 rings (SSSR count). The number of hydrogen-bond donors (Lipinski definition) is 1. The quantitative estimate of drug-likeness (QED) is 0.673. The molecule has 160 valence electrons. The lowest BCUT2D eigenvalue weighted by atomic mass is 10.0. The fourth-order valence-corrected chi connectivity index (χ4v) is 3.77. The van der Waals surface area contributed by atoms with Crippen LogP contribution >= 0.6 is 11.6 Å². The van der Waals surface area contributed by atoms with Gasteiger partial charge in [-0.3, -0.25) is 9.59 Å². The molecule has 2 aromatic carbocycles. The molecule has 31 heavy (non-hydrogen) atoms. The monoisotopic (exact) mass is 441 g/mol. The summed E-state index contributed by atoms with van der Waals surface area (Å²) in [6.45, 7) is 2.59. The van der Waals surface area contributed by atoms with Crippen molar-refractivity contribution in [1.29, 1.82) is 0 Å². The number of halogens is 2. The topological polar surface area (TPSA) is 80.1 Å². The van der Waals surface area contributed by atoms with Crippen LogP contribution in [0.15, 0.2) is 48.5 Å². The summed E-state index contributed by atoms with van der Waals surface area (Å²) in [6, 6.07) is 12.9. The number of likely N-dealkylation sites (tertiary alicyclic amines) is 1. The Morgan fingerprint density at radius 3 is 2.55 bits per heavy atom. The van der Waals surface area contributed by atoms with Gasteiger partial charge in [0.05, 0.1) is 16.9 Å². The second-order valence-corrected chi connectivity index (χ2v) is 7.86. The molecule has 1 aromatic heterocycles. The Bertz CT molecular complexity index is 1120. The Labute approximate surface area is 183 Å². The van der Waals surface area contributed by atoms with E-state index in [0.29, 0.717) is 42.3 Å². The summed E-state index contributed by atoms with van der Waals surface area (Å²) < 4.78 is 13.9. The molecule has 0 unspecified atom stereocenters. The standard InChI is InChI=1S/C22H21ClFN5O2/c1-14-20(27-29(26-14)17-6-4-5-15(23)13-17)21(30)25-16-9-11-28(12-10-16)22(31)18-7-2-3-8-19(18)24/h2-8,13,16H,9-12H2,1H3,(H,25,30). The number of nitrogens with zero attached hydrogens (tertiary/aromatic N) is 4. The zero-order valence-corrected chi connectivity index (χ0v) is 17.6. The van der Waals surface area contributed by atoms with Crippen molar-refractivity contribution in [2.24, 2.45) is 0 Å². The van der Waals surface area contributed by atoms with E-state index in [1.165, 1.54) is 16.9 Å². The Hall–Kier alpha value is -3.26. The molecule has 0 spiro atoms. The Balaban J connectivity index is 1.37. The average molecular weight is 442 g/mol. The molecular formula is C22H21ClFN5O2. The predicted octanol–water partition coefficient (Wildman–Crippen LogP) is 3.40. The Kier molecular flexibility index (Phi) is 5.99. The summed E-state index contributed by atoms with van der Waals surface area (Å²) in [5, 5.41) is 12.1. The van der Waals surface area contributed by atoms with Crippen LogP contribution < -0.4 is 5.32 Å². The molecule has 1 N–H and O–H groups in total. The van der Waals surface area contributed by atoms with E-state index in [9.17, 15) is 14.0 Å². The molecular weight excluding hydrogens is 421 g/mol. The molecule has 0 radical (unpaired) electrons. The SMILES string of the molecule is Cc1nn(-c2cccc(Cl)c2)nc1C(=O)NC1CCN(C(=O)c2ccccc2F)CC1. The number of piperidine rings is 1. The van der Waals surface area contributed by atoms with Gasteiger partial charge in [-0.05, 0) is 50.1 Å². The van der Waals surface area contributed by atoms with Crippen molar-refractivity contribution < 1.29 is 14.0 Å². The third-order valence-corrected chi connectivity index (χ3v) is 5.49. The van der Waals surface area contributed by atoms with Crippen LogP contribution in [-0.4, -0.2) is 50.8 Å². The molecule has 9 heteroatoms. The molecule has 0 bridgehead atoms. The highest BCUT2D eigenvalue weighted by Crippen LogP contribution is 2.18. The number of rotatable bonds is 4. The van der Waals surface area contributed by atoms with Gasteiger partial charge in [0.15, 0.2) is 5.69 Å². The van der Waals surface area contributed by atoms with Crippen molar-refractivity contribution in [3.05, 3.63) is 76.3 Å². The zero-order chi connectivity index (χ0) is 22.0. The van der Waals surface area contributed by atoms with E-state index in [0.717, 1.165) is 0 Å². The number of benzene rings is 2. The first-order chi connectivity index (χ1) is 14.9. The first kappa shape index (κ1) is 21.0. The van der Waals surface area contributed by atoms with Gasteiger partial charge < -0.3 is 10.2 Å². The first-order valence-electron chi connectivity index (χ1n) is 9.97. The van der Waals surface area contributed by atoms with E-state index in [2.05, 4.69) is 15.5 Å². The third-order valence-electron chi connectivity index (χ3n) is 5.26. The summed E-state index contributed by atoms with van der Waals surface area (Å²) in [4.78, 5) is 28.3. The number of aryl methyl sites for hydroxylation is 1. The summed E-state index contributed by atoms with van der Waals surface area (Å²) in [7, 11) is 0. The molecule has 0 atom stereocenters. The summed E-state index contributed by atoms with van der Waals surface area (Å²) in [5.41, 5.74) is 1.47. The highest BCUT2D eigenvalue weighted by atomic mass is 35.5. The van der Waals surface area contributed by atoms with E-state index >= 15 is 0 Å². The lowest BCUT2D eigenvalue weighted by Crippen LogP contribution is -2.46. The Morgan fingerprint density at radius 1 is 1.10 bits per heavy atom. The minimum absolute atomic E-state index is 0.0678. The predicted molar refractivity (Wildman–Crippen MR) is 114 cm³/mol. The average Bonchev–Trinajstić information content (AvgIpc) is 3.16. The van der Waals surface area contributed by atoms with E-state index in [1.54, 1.807) is 48.2 Å². The van der Waals surface area contributed by atoms with Crippen LogP contribution in [0, 0.1) is 12.7 Å². The molecule has 2 heterocycles. The molecule has 7 nitrogen and oxygen atoms in total. The molecule has 1 saturated heterocycles. The number of amides is 2. The van der Waals surface area contributed by atoms with Crippen LogP contribution in [-0.2, 0) is 0 Å². The smallest absolute Gasteiger partial charge is 0.273 e. The Morgan fingerprint density at radius 2 is 1.84 bits per heavy atom. The van der Waals surface area contributed by atoms with Gasteiger partial charge in [-0.1, -0.05) is 29.8 Å². The zero-order valence-electron chi connectivity index (χ0n) is 16.9. The highest BCUT2D eigenvalue weighted by molar-refractivity contribution is 6.30. The van der Waals surface area contributed by atoms with Crippen molar-refractivity contribution in [2.75, 3.05) is 13.1 Å².